The van der Waals surface area contributed by atoms with Gasteiger partial charge in [0, 0.05) is 6.07 Å². The highest BCUT2D eigenvalue weighted by molar-refractivity contribution is 6.33. The number of hydrogen-bond donors (Lipinski definition) is 3. The van der Waals surface area contributed by atoms with E-state index in [0.717, 1.165) is 0 Å². The molecule has 1 aromatic carbocycles. The third kappa shape index (κ3) is 3.30. The van der Waals surface area contributed by atoms with E-state index in [1.807, 2.05) is 0 Å². The van der Waals surface area contributed by atoms with Crippen LogP contribution in [0.15, 0.2) is 18.2 Å². The van der Waals surface area contributed by atoms with Gasteiger partial charge in [0.25, 0.3) is 5.69 Å². The SMILES string of the molecule is NC(=O)C(O)CNc1c(Cl)cccc1[N+](=O)[O-]. The zero-order valence-electron chi connectivity index (χ0n) is 8.59. The lowest BCUT2D eigenvalue weighted by Gasteiger charge is -2.11. The first kappa shape index (κ1) is 13.2. The van der Waals surface area contributed by atoms with Crippen LogP contribution in [0.2, 0.25) is 5.02 Å². The number of halogens is 1. The van der Waals surface area contributed by atoms with Gasteiger partial charge >= 0.3 is 0 Å². The molecule has 1 unspecified atom stereocenters. The second-order valence-corrected chi connectivity index (χ2v) is 3.60. The van der Waals surface area contributed by atoms with Gasteiger partial charge in [0.05, 0.1) is 16.5 Å². The first-order valence-corrected chi connectivity index (χ1v) is 4.95. The van der Waals surface area contributed by atoms with Gasteiger partial charge in [-0.2, -0.15) is 0 Å². The van der Waals surface area contributed by atoms with E-state index in [1.165, 1.54) is 18.2 Å². The number of nitro benzene ring substituents is 1. The van der Waals surface area contributed by atoms with E-state index in [2.05, 4.69) is 5.32 Å². The van der Waals surface area contributed by atoms with Gasteiger partial charge in [-0.3, -0.25) is 14.9 Å². The minimum Gasteiger partial charge on any atom is -0.381 e. The number of primary amides is 1. The molecule has 0 radical (unpaired) electrons. The second kappa shape index (κ2) is 5.46. The number of hydrogen-bond acceptors (Lipinski definition) is 5. The van der Waals surface area contributed by atoms with Crippen molar-refractivity contribution in [2.75, 3.05) is 11.9 Å². The summed E-state index contributed by atoms with van der Waals surface area (Å²) < 4.78 is 0. The number of para-hydroxylation sites is 1. The molecule has 92 valence electrons. The van der Waals surface area contributed by atoms with Crippen molar-refractivity contribution in [2.45, 2.75) is 6.10 Å². The van der Waals surface area contributed by atoms with Gasteiger partial charge in [-0.1, -0.05) is 17.7 Å². The number of aliphatic hydroxyl groups is 1. The van der Waals surface area contributed by atoms with Crippen molar-refractivity contribution in [1.29, 1.82) is 0 Å². The topological polar surface area (TPSA) is 118 Å². The van der Waals surface area contributed by atoms with Crippen LogP contribution >= 0.6 is 11.6 Å². The fourth-order valence-electron chi connectivity index (χ4n) is 1.14. The fraction of sp³-hybridized carbons (Fsp3) is 0.222. The molecule has 0 saturated carbocycles. The summed E-state index contributed by atoms with van der Waals surface area (Å²) in [5.41, 5.74) is 4.64. The molecule has 0 aliphatic rings. The molecule has 0 bridgehead atoms. The molecule has 0 heterocycles. The molecule has 8 heteroatoms. The van der Waals surface area contributed by atoms with Crippen molar-refractivity contribution in [1.82, 2.24) is 0 Å². The number of nitrogens with one attached hydrogen (secondary N) is 1. The molecule has 1 aromatic rings. The van der Waals surface area contributed by atoms with Gasteiger partial charge in [-0.05, 0) is 6.07 Å². The Hall–Kier alpha value is -1.86. The average Bonchev–Trinajstić information content (AvgIpc) is 2.26. The third-order valence-corrected chi connectivity index (χ3v) is 2.30. The van der Waals surface area contributed by atoms with E-state index in [4.69, 9.17) is 22.4 Å². The molecule has 1 amide bonds. The van der Waals surface area contributed by atoms with Gasteiger partial charge in [0.2, 0.25) is 5.91 Å². The maximum Gasteiger partial charge on any atom is 0.293 e. The first-order chi connectivity index (χ1) is 7.93. The van der Waals surface area contributed by atoms with E-state index in [9.17, 15) is 14.9 Å². The summed E-state index contributed by atoms with van der Waals surface area (Å²) in [7, 11) is 0. The Morgan fingerprint density at radius 3 is 2.82 bits per heavy atom. The predicted octanol–water partition coefficient (Wildman–Crippen LogP) is 0.506. The van der Waals surface area contributed by atoms with Crippen LogP contribution in [-0.4, -0.2) is 28.6 Å². The maximum absolute atomic E-state index is 10.7. The zero-order chi connectivity index (χ0) is 13.0. The summed E-state index contributed by atoms with van der Waals surface area (Å²) in [6.45, 7) is -0.250. The lowest BCUT2D eigenvalue weighted by molar-refractivity contribution is -0.383. The van der Waals surface area contributed by atoms with Crippen LogP contribution in [0.1, 0.15) is 0 Å². The van der Waals surface area contributed by atoms with Crippen molar-refractivity contribution < 1.29 is 14.8 Å². The number of anilines is 1. The summed E-state index contributed by atoms with van der Waals surface area (Å²) in [6, 6.07) is 4.13. The van der Waals surface area contributed by atoms with E-state index in [0.29, 0.717) is 0 Å². The summed E-state index contributed by atoms with van der Waals surface area (Å²) in [5, 5.41) is 22.5. The Bertz CT molecular complexity index is 452. The monoisotopic (exact) mass is 259 g/mol. The molecule has 1 atom stereocenters. The van der Waals surface area contributed by atoms with Crippen molar-refractivity contribution in [3.63, 3.8) is 0 Å². The second-order valence-electron chi connectivity index (χ2n) is 3.19. The Kier molecular flexibility index (Phi) is 4.24. The van der Waals surface area contributed by atoms with Crippen molar-refractivity contribution in [3.05, 3.63) is 33.3 Å². The Morgan fingerprint density at radius 1 is 1.65 bits per heavy atom. The zero-order valence-corrected chi connectivity index (χ0v) is 9.35. The number of benzene rings is 1. The molecule has 7 nitrogen and oxygen atoms in total. The van der Waals surface area contributed by atoms with Gasteiger partial charge in [-0.25, -0.2) is 0 Å². The first-order valence-electron chi connectivity index (χ1n) is 4.57. The van der Waals surface area contributed by atoms with Gasteiger partial charge in [-0.15, -0.1) is 0 Å². The van der Waals surface area contributed by atoms with Gasteiger partial charge in [0.15, 0.2) is 0 Å². The third-order valence-electron chi connectivity index (χ3n) is 1.99. The maximum atomic E-state index is 10.7. The Balaban J connectivity index is 2.90. The molecular formula is C9H10ClN3O4. The number of carbonyl (C=O) groups excluding carboxylic acids is 1. The summed E-state index contributed by atoms with van der Waals surface area (Å²) in [4.78, 5) is 20.7. The Labute approximate surface area is 101 Å². The molecule has 0 saturated heterocycles. The molecule has 0 aliphatic carbocycles. The number of rotatable bonds is 5. The highest BCUT2D eigenvalue weighted by Gasteiger charge is 2.18. The minimum atomic E-state index is -1.44. The predicted molar refractivity (Wildman–Crippen MR) is 61.8 cm³/mol. The molecule has 0 aromatic heterocycles. The number of aliphatic hydroxyl groups excluding tert-OH is 1. The van der Waals surface area contributed by atoms with E-state index in [-0.39, 0.29) is 22.9 Å². The summed E-state index contributed by atoms with van der Waals surface area (Å²) >= 11 is 5.77. The molecule has 0 aliphatic heterocycles. The number of carbonyl (C=O) groups is 1. The lowest BCUT2D eigenvalue weighted by atomic mass is 10.2. The quantitative estimate of drug-likeness (QED) is 0.526. The highest BCUT2D eigenvalue weighted by atomic mass is 35.5. The van der Waals surface area contributed by atoms with Crippen LogP contribution in [0.5, 0.6) is 0 Å². The van der Waals surface area contributed by atoms with Crippen LogP contribution in [0.4, 0.5) is 11.4 Å². The minimum absolute atomic E-state index is 0.0412. The summed E-state index contributed by atoms with van der Waals surface area (Å²) in [5.74, 6) is -0.924. The molecular weight excluding hydrogens is 250 g/mol. The molecule has 0 spiro atoms. The lowest BCUT2D eigenvalue weighted by Crippen LogP contribution is -2.34. The van der Waals surface area contributed by atoms with Crippen LogP contribution in [0, 0.1) is 10.1 Å². The van der Waals surface area contributed by atoms with Crippen molar-refractivity contribution >= 4 is 28.9 Å². The van der Waals surface area contributed by atoms with Gasteiger partial charge in [0.1, 0.15) is 11.8 Å². The van der Waals surface area contributed by atoms with Gasteiger partial charge < -0.3 is 16.2 Å². The number of nitrogens with zero attached hydrogens (tertiary/aromatic N) is 1. The largest absolute Gasteiger partial charge is 0.381 e. The number of amides is 1. The van der Waals surface area contributed by atoms with E-state index in [1.54, 1.807) is 0 Å². The number of nitro groups is 1. The summed E-state index contributed by atoms with van der Waals surface area (Å²) in [6.07, 6.45) is -1.44. The molecule has 17 heavy (non-hydrogen) atoms. The average molecular weight is 260 g/mol. The van der Waals surface area contributed by atoms with E-state index < -0.39 is 16.9 Å². The molecule has 1 rings (SSSR count). The normalized spacial score (nSPS) is 11.9. The van der Waals surface area contributed by atoms with Crippen LogP contribution in [0.3, 0.4) is 0 Å². The van der Waals surface area contributed by atoms with Crippen molar-refractivity contribution in [2.24, 2.45) is 5.73 Å². The smallest absolute Gasteiger partial charge is 0.293 e. The fourth-order valence-corrected chi connectivity index (χ4v) is 1.38. The van der Waals surface area contributed by atoms with Crippen LogP contribution in [-0.2, 0) is 4.79 Å². The van der Waals surface area contributed by atoms with E-state index >= 15 is 0 Å². The standard InChI is InChI=1S/C9H10ClN3O4/c10-5-2-1-3-6(13(16)17)8(5)12-4-7(14)9(11)15/h1-3,7,12,14H,4H2,(H2,11,15). The highest BCUT2D eigenvalue weighted by Crippen LogP contribution is 2.31. The Morgan fingerprint density at radius 2 is 2.29 bits per heavy atom. The van der Waals surface area contributed by atoms with Crippen LogP contribution < -0.4 is 11.1 Å². The van der Waals surface area contributed by atoms with Crippen molar-refractivity contribution in [3.8, 4) is 0 Å². The number of nitrogens with two attached hydrogens (primary N) is 1. The molecule has 4 N–H and O–H groups in total. The van der Waals surface area contributed by atoms with Crippen LogP contribution in [0.25, 0.3) is 0 Å². The molecule has 0 fully saturated rings.